The van der Waals surface area contributed by atoms with Gasteiger partial charge in [-0.15, -0.1) is 0 Å². The van der Waals surface area contributed by atoms with Gasteiger partial charge in [0.05, 0.1) is 32.0 Å². The van der Waals surface area contributed by atoms with Gasteiger partial charge in [0.2, 0.25) is 0 Å². The molecule has 0 aliphatic heterocycles. The summed E-state index contributed by atoms with van der Waals surface area (Å²) in [5, 5.41) is 38.2. The molecule has 0 aliphatic rings. The second-order valence-electron chi connectivity index (χ2n) is 13.2. The predicted molar refractivity (Wildman–Crippen MR) is 212 cm³/mol. The highest BCUT2D eigenvalue weighted by molar-refractivity contribution is 7.47. The van der Waals surface area contributed by atoms with E-state index in [0.717, 1.165) is 31.6 Å². The zero-order valence-electron chi connectivity index (χ0n) is 32.8. The predicted octanol–water partition coefficient (Wildman–Crippen LogP) is 7.51. The van der Waals surface area contributed by atoms with Crippen LogP contribution in [0.3, 0.4) is 0 Å². The molecule has 0 amide bonds. The van der Waals surface area contributed by atoms with Crippen LogP contribution in [0.25, 0.3) is 0 Å². The number of hydrogen-bond donors (Lipinski definition) is 5. The smallest absolute Gasteiger partial charge is 0.462 e. The van der Waals surface area contributed by atoms with Gasteiger partial charge in [-0.1, -0.05) is 139 Å². The lowest BCUT2D eigenvalue weighted by Crippen LogP contribution is -2.29. The molecule has 310 valence electrons. The molecule has 2 unspecified atom stereocenters. The molecule has 0 saturated carbocycles. The summed E-state index contributed by atoms with van der Waals surface area (Å²) in [4.78, 5) is 34.8. The summed E-state index contributed by atoms with van der Waals surface area (Å²) in [6.45, 7) is 4.18. The third-order valence-corrected chi connectivity index (χ3v) is 9.04. The van der Waals surface area contributed by atoms with E-state index < -0.39 is 64.0 Å². The molecule has 0 aromatic carbocycles. The van der Waals surface area contributed by atoms with Gasteiger partial charge >= 0.3 is 19.8 Å². The lowest BCUT2D eigenvalue weighted by Gasteiger charge is -2.20. The van der Waals surface area contributed by atoms with Crippen molar-refractivity contribution in [2.75, 3.05) is 26.4 Å². The number of phosphoric acid groups is 1. The second kappa shape index (κ2) is 34.8. The molecule has 0 bridgehead atoms. The summed E-state index contributed by atoms with van der Waals surface area (Å²) in [6.07, 6.45) is 29.7. The van der Waals surface area contributed by atoms with E-state index in [4.69, 9.17) is 19.1 Å². The summed E-state index contributed by atoms with van der Waals surface area (Å²) in [7, 11) is -4.67. The lowest BCUT2D eigenvalue weighted by atomic mass is 10.00. The van der Waals surface area contributed by atoms with E-state index >= 15 is 0 Å². The fourth-order valence-corrected chi connectivity index (χ4v) is 5.44. The zero-order chi connectivity index (χ0) is 40.3. The molecule has 0 fully saturated rings. The fraction of sp³-hybridized carbons (Fsp3) is 0.659. The number of carbonyl (C=O) groups is 2. The van der Waals surface area contributed by atoms with Crippen molar-refractivity contribution in [1.29, 1.82) is 0 Å². The molecule has 12 nitrogen and oxygen atoms in total. The van der Waals surface area contributed by atoms with Gasteiger partial charge in [0, 0.05) is 12.8 Å². The molecule has 0 saturated heterocycles. The quantitative estimate of drug-likeness (QED) is 0.0142. The first-order valence-corrected chi connectivity index (χ1v) is 21.0. The number of esters is 2. The van der Waals surface area contributed by atoms with Crippen LogP contribution in [0.2, 0.25) is 0 Å². The van der Waals surface area contributed by atoms with Gasteiger partial charge in [0.15, 0.2) is 6.10 Å². The van der Waals surface area contributed by atoms with Gasteiger partial charge in [-0.2, -0.15) is 0 Å². The van der Waals surface area contributed by atoms with Crippen LogP contribution in [-0.2, 0) is 32.7 Å². The Kier molecular flexibility index (Phi) is 33.1. The molecule has 0 spiro atoms. The molecule has 0 aliphatic carbocycles. The lowest BCUT2D eigenvalue weighted by molar-refractivity contribution is -0.161. The van der Waals surface area contributed by atoms with Crippen molar-refractivity contribution < 1.29 is 58.0 Å². The summed E-state index contributed by atoms with van der Waals surface area (Å²) >= 11 is 0. The van der Waals surface area contributed by atoms with E-state index in [1.165, 1.54) is 25.7 Å². The Morgan fingerprint density at radius 3 is 2.06 bits per heavy atom. The van der Waals surface area contributed by atoms with Gasteiger partial charge in [-0.3, -0.25) is 18.6 Å². The van der Waals surface area contributed by atoms with E-state index in [-0.39, 0.29) is 19.4 Å². The topological polar surface area (TPSA) is 189 Å². The Morgan fingerprint density at radius 1 is 0.722 bits per heavy atom. The Bertz CT molecular complexity index is 1180. The largest absolute Gasteiger partial charge is 0.472 e. The molecule has 0 aromatic rings. The first-order valence-electron chi connectivity index (χ1n) is 19.5. The average Bonchev–Trinajstić information content (AvgIpc) is 3.15. The van der Waals surface area contributed by atoms with E-state index in [0.29, 0.717) is 32.1 Å². The third-order valence-electron chi connectivity index (χ3n) is 8.09. The molecular formula is C41H69O12P. The van der Waals surface area contributed by atoms with Gasteiger partial charge in [0.1, 0.15) is 12.7 Å². The van der Waals surface area contributed by atoms with Crippen LogP contribution in [0.4, 0.5) is 0 Å². The number of rotatable bonds is 34. The highest BCUT2D eigenvalue weighted by Crippen LogP contribution is 2.43. The van der Waals surface area contributed by atoms with Gasteiger partial charge in [-0.25, -0.2) is 4.57 Å². The van der Waals surface area contributed by atoms with Gasteiger partial charge in [0.25, 0.3) is 0 Å². The van der Waals surface area contributed by atoms with Crippen molar-refractivity contribution in [3.05, 3.63) is 72.9 Å². The highest BCUT2D eigenvalue weighted by Gasteiger charge is 2.27. The Hall–Kier alpha value is -2.67. The molecule has 0 radical (unpaired) electrons. The van der Waals surface area contributed by atoms with Gasteiger partial charge < -0.3 is 34.8 Å². The van der Waals surface area contributed by atoms with E-state index in [1.807, 2.05) is 49.5 Å². The monoisotopic (exact) mass is 784 g/mol. The van der Waals surface area contributed by atoms with Crippen LogP contribution in [0.1, 0.15) is 117 Å². The number of aliphatic hydroxyl groups excluding tert-OH is 4. The van der Waals surface area contributed by atoms with Crippen molar-refractivity contribution >= 4 is 19.8 Å². The van der Waals surface area contributed by atoms with Crippen LogP contribution < -0.4 is 0 Å². The molecule has 0 rings (SSSR count). The minimum atomic E-state index is -4.67. The van der Waals surface area contributed by atoms with E-state index in [2.05, 4.69) is 18.4 Å². The van der Waals surface area contributed by atoms with Crippen molar-refractivity contribution in [3.63, 3.8) is 0 Å². The minimum Gasteiger partial charge on any atom is -0.462 e. The molecule has 0 aromatic heterocycles. The molecular weight excluding hydrogens is 715 g/mol. The number of ether oxygens (including phenoxy) is 2. The summed E-state index contributed by atoms with van der Waals surface area (Å²) in [5.74, 6) is -0.368. The van der Waals surface area contributed by atoms with Gasteiger partial charge in [-0.05, 0) is 44.4 Å². The maximum absolute atomic E-state index is 12.6. The zero-order valence-corrected chi connectivity index (χ0v) is 33.7. The molecule has 6 atom stereocenters. The van der Waals surface area contributed by atoms with Crippen molar-refractivity contribution in [2.24, 2.45) is 5.92 Å². The number of phosphoric ester groups is 1. The number of aliphatic hydroxyl groups is 4. The summed E-state index contributed by atoms with van der Waals surface area (Å²) in [5.41, 5.74) is 0. The molecule has 0 heterocycles. The maximum atomic E-state index is 12.6. The second-order valence-corrected chi connectivity index (χ2v) is 14.7. The average molecular weight is 785 g/mol. The van der Waals surface area contributed by atoms with Crippen LogP contribution in [0.5, 0.6) is 0 Å². The summed E-state index contributed by atoms with van der Waals surface area (Å²) in [6, 6.07) is 0. The van der Waals surface area contributed by atoms with Crippen LogP contribution >= 0.6 is 7.82 Å². The van der Waals surface area contributed by atoms with E-state index in [1.54, 1.807) is 30.4 Å². The SMILES string of the molecule is CC/C=C\C[C@H](O)/C=C/C=C\C/C=C\C=C\[C@H](O)/C=C\CCCC(=O)O[C@H](COC(=O)CCCCCCCCC(C)CC)COP(=O)(O)OC[C@@H](O)CO. The first kappa shape index (κ1) is 51.3. The normalized spacial score (nSPS) is 16.5. The molecule has 13 heteroatoms. The Morgan fingerprint density at radius 2 is 1.37 bits per heavy atom. The fourth-order valence-electron chi connectivity index (χ4n) is 4.65. The van der Waals surface area contributed by atoms with Crippen molar-refractivity contribution in [1.82, 2.24) is 0 Å². The van der Waals surface area contributed by atoms with Crippen molar-refractivity contribution in [2.45, 2.75) is 141 Å². The number of carbonyl (C=O) groups excluding carboxylic acids is 2. The van der Waals surface area contributed by atoms with Crippen LogP contribution in [0.15, 0.2) is 72.9 Å². The maximum Gasteiger partial charge on any atom is 0.472 e. The highest BCUT2D eigenvalue weighted by atomic mass is 31.2. The van der Waals surface area contributed by atoms with Crippen LogP contribution in [-0.4, -0.2) is 88.1 Å². The summed E-state index contributed by atoms with van der Waals surface area (Å²) < 4.78 is 32.4. The third kappa shape index (κ3) is 33.9. The minimum absolute atomic E-state index is 0.00559. The Labute approximate surface area is 323 Å². The molecule has 5 N–H and O–H groups in total. The Balaban J connectivity index is 4.66. The van der Waals surface area contributed by atoms with E-state index in [9.17, 15) is 34.4 Å². The standard InChI is InChI=1S/C41H69O12P/c1-4-6-17-25-36(43)26-19-13-8-7-9-14-20-27-37(44)28-21-16-23-30-41(47)53-39(34-52-54(48,49)51-32-38(45)31-42)33-50-40(46)29-22-15-11-10-12-18-24-35(3)5-2/h6,8-9,13-14,17,19-21,26-28,35-39,42-45H,4-5,7,10-12,15-16,18,22-25,29-34H2,1-3H3,(H,48,49)/b13-8-,14-9-,17-6-,26-19+,27-20+,28-21-/t35?,36-,37-,38-,39+/m0/s1. The number of hydrogen-bond acceptors (Lipinski definition) is 11. The first-order chi connectivity index (χ1) is 25.9. The van der Waals surface area contributed by atoms with Crippen molar-refractivity contribution in [3.8, 4) is 0 Å². The number of allylic oxidation sites excluding steroid dienone is 8. The number of unbranched alkanes of at least 4 members (excludes halogenated alkanes) is 6. The molecule has 54 heavy (non-hydrogen) atoms. The van der Waals surface area contributed by atoms with Crippen LogP contribution in [0, 0.1) is 5.92 Å².